The van der Waals surface area contributed by atoms with Gasteiger partial charge in [-0.25, -0.2) is 8.78 Å². The van der Waals surface area contributed by atoms with Gasteiger partial charge in [0.05, 0.1) is 0 Å². The lowest BCUT2D eigenvalue weighted by Crippen LogP contribution is -2.40. The first kappa shape index (κ1) is 8.56. The lowest BCUT2D eigenvalue weighted by atomic mass is 9.91. The van der Waals surface area contributed by atoms with E-state index in [-0.39, 0.29) is 11.5 Å². The minimum Gasteiger partial charge on any atom is -0.315 e. The van der Waals surface area contributed by atoms with Crippen molar-refractivity contribution in [2.45, 2.75) is 12.3 Å². The molecule has 2 nitrogen and oxygen atoms in total. The van der Waals surface area contributed by atoms with Gasteiger partial charge in [-0.2, -0.15) is 0 Å². The van der Waals surface area contributed by atoms with Gasteiger partial charge in [0.15, 0.2) is 0 Å². The summed E-state index contributed by atoms with van der Waals surface area (Å²) in [6.45, 7) is 1.57. The third-order valence-electron chi connectivity index (χ3n) is 2.34. The highest BCUT2D eigenvalue weighted by Crippen LogP contribution is 2.29. The molecule has 1 N–H and O–H groups in total. The number of nitrogens with zero attached hydrogens (tertiary/aromatic N) is 1. The van der Waals surface area contributed by atoms with Gasteiger partial charge in [-0.05, 0) is 11.6 Å². The van der Waals surface area contributed by atoms with Crippen LogP contribution in [-0.4, -0.2) is 18.1 Å². The second-order valence-electron chi connectivity index (χ2n) is 3.16. The Hall–Kier alpha value is -1.03. The van der Waals surface area contributed by atoms with Crippen LogP contribution in [0.5, 0.6) is 0 Å². The maximum absolute atomic E-state index is 12.5. The first-order chi connectivity index (χ1) is 6.29. The minimum absolute atomic E-state index is 0.126. The van der Waals surface area contributed by atoms with Crippen LogP contribution >= 0.6 is 0 Å². The second kappa shape index (κ2) is 3.38. The normalized spacial score (nSPS) is 17.5. The van der Waals surface area contributed by atoms with Gasteiger partial charge < -0.3 is 5.32 Å². The van der Waals surface area contributed by atoms with E-state index in [9.17, 15) is 8.78 Å². The number of pyridine rings is 1. The third kappa shape index (κ3) is 1.54. The highest BCUT2D eigenvalue weighted by Gasteiger charge is 2.24. The van der Waals surface area contributed by atoms with E-state index in [1.54, 1.807) is 6.20 Å². The minimum atomic E-state index is -2.39. The van der Waals surface area contributed by atoms with Gasteiger partial charge in [0.25, 0.3) is 6.43 Å². The molecule has 0 saturated carbocycles. The van der Waals surface area contributed by atoms with Gasteiger partial charge in [0.1, 0.15) is 0 Å². The van der Waals surface area contributed by atoms with E-state index in [2.05, 4.69) is 10.3 Å². The van der Waals surface area contributed by atoms with Crippen molar-refractivity contribution in [3.8, 4) is 0 Å². The number of alkyl halides is 2. The SMILES string of the molecule is FC(F)c1ccncc1C1CNC1. The van der Waals surface area contributed by atoms with Crippen LogP contribution in [0.1, 0.15) is 23.5 Å². The van der Waals surface area contributed by atoms with Crippen molar-refractivity contribution in [3.05, 3.63) is 29.6 Å². The molecule has 2 rings (SSSR count). The molecule has 0 radical (unpaired) electrons. The van der Waals surface area contributed by atoms with E-state index >= 15 is 0 Å². The van der Waals surface area contributed by atoms with E-state index < -0.39 is 6.43 Å². The van der Waals surface area contributed by atoms with Crippen molar-refractivity contribution in [2.24, 2.45) is 0 Å². The maximum atomic E-state index is 12.5. The quantitative estimate of drug-likeness (QED) is 0.756. The van der Waals surface area contributed by atoms with Crippen LogP contribution < -0.4 is 5.32 Å². The number of halogens is 2. The van der Waals surface area contributed by atoms with Crippen LogP contribution in [0.15, 0.2) is 18.5 Å². The Morgan fingerprint density at radius 2 is 2.23 bits per heavy atom. The van der Waals surface area contributed by atoms with Gasteiger partial charge >= 0.3 is 0 Å². The monoisotopic (exact) mass is 184 g/mol. The molecule has 1 aromatic heterocycles. The molecule has 70 valence electrons. The average molecular weight is 184 g/mol. The molecule has 0 amide bonds. The first-order valence-corrected chi connectivity index (χ1v) is 4.21. The zero-order valence-electron chi connectivity index (χ0n) is 7.00. The van der Waals surface area contributed by atoms with Crippen LogP contribution in [0.25, 0.3) is 0 Å². The molecule has 0 aliphatic carbocycles. The average Bonchev–Trinajstić information content (AvgIpc) is 2.02. The summed E-state index contributed by atoms with van der Waals surface area (Å²) in [5.74, 6) is 0.220. The smallest absolute Gasteiger partial charge is 0.264 e. The number of hydrogen-bond donors (Lipinski definition) is 1. The molecule has 0 bridgehead atoms. The van der Waals surface area contributed by atoms with E-state index in [1.165, 1.54) is 12.3 Å². The highest BCUT2D eigenvalue weighted by molar-refractivity contribution is 5.30. The maximum Gasteiger partial charge on any atom is 0.264 e. The highest BCUT2D eigenvalue weighted by atomic mass is 19.3. The summed E-state index contributed by atoms with van der Waals surface area (Å²) in [5, 5.41) is 3.05. The molecule has 1 aliphatic heterocycles. The lowest BCUT2D eigenvalue weighted by Gasteiger charge is -2.28. The Morgan fingerprint density at radius 1 is 1.46 bits per heavy atom. The van der Waals surface area contributed by atoms with Gasteiger partial charge in [0, 0.05) is 37.0 Å². The molecule has 13 heavy (non-hydrogen) atoms. The van der Waals surface area contributed by atoms with E-state index in [0.29, 0.717) is 5.56 Å². The van der Waals surface area contributed by atoms with E-state index in [1.807, 2.05) is 0 Å². The Kier molecular flexibility index (Phi) is 2.22. The predicted octanol–water partition coefficient (Wildman–Crippen LogP) is 1.71. The predicted molar refractivity (Wildman–Crippen MR) is 44.8 cm³/mol. The van der Waals surface area contributed by atoms with Gasteiger partial charge in [0.2, 0.25) is 0 Å². The fourth-order valence-corrected chi connectivity index (χ4v) is 1.47. The molecular weight excluding hydrogens is 174 g/mol. The van der Waals surface area contributed by atoms with Crippen LogP contribution in [0.3, 0.4) is 0 Å². The van der Waals surface area contributed by atoms with Crippen molar-refractivity contribution in [1.82, 2.24) is 10.3 Å². The number of rotatable bonds is 2. The topological polar surface area (TPSA) is 24.9 Å². The van der Waals surface area contributed by atoms with Gasteiger partial charge in [-0.1, -0.05) is 0 Å². The van der Waals surface area contributed by atoms with Crippen LogP contribution in [0, 0.1) is 0 Å². The molecule has 1 aromatic rings. The first-order valence-electron chi connectivity index (χ1n) is 4.21. The summed E-state index contributed by atoms with van der Waals surface area (Å²) in [7, 11) is 0. The molecule has 0 atom stereocenters. The Morgan fingerprint density at radius 3 is 2.77 bits per heavy atom. The molecule has 1 fully saturated rings. The molecule has 0 spiro atoms. The summed E-state index contributed by atoms with van der Waals surface area (Å²) in [5.41, 5.74) is 0.817. The van der Waals surface area contributed by atoms with Crippen molar-refractivity contribution in [2.75, 3.05) is 13.1 Å². The third-order valence-corrected chi connectivity index (χ3v) is 2.34. The van der Waals surface area contributed by atoms with Crippen LogP contribution in [0.4, 0.5) is 8.78 Å². The van der Waals surface area contributed by atoms with Crippen molar-refractivity contribution >= 4 is 0 Å². The van der Waals surface area contributed by atoms with Crippen molar-refractivity contribution in [3.63, 3.8) is 0 Å². The second-order valence-corrected chi connectivity index (χ2v) is 3.16. The molecule has 0 aromatic carbocycles. The summed E-state index contributed by atoms with van der Waals surface area (Å²) >= 11 is 0. The zero-order valence-corrected chi connectivity index (χ0v) is 7.00. The van der Waals surface area contributed by atoms with Crippen molar-refractivity contribution < 1.29 is 8.78 Å². The summed E-state index contributed by atoms with van der Waals surface area (Å²) in [4.78, 5) is 3.87. The van der Waals surface area contributed by atoms with Crippen LogP contribution in [-0.2, 0) is 0 Å². The summed E-state index contributed by atoms with van der Waals surface area (Å²) in [6.07, 6.45) is 0.572. The zero-order chi connectivity index (χ0) is 9.26. The Labute approximate surface area is 75.0 Å². The van der Waals surface area contributed by atoms with Crippen molar-refractivity contribution in [1.29, 1.82) is 0 Å². The molecule has 2 heterocycles. The van der Waals surface area contributed by atoms with Gasteiger partial charge in [-0.3, -0.25) is 4.98 Å². The number of hydrogen-bond acceptors (Lipinski definition) is 2. The fourth-order valence-electron chi connectivity index (χ4n) is 1.47. The van der Waals surface area contributed by atoms with E-state index in [4.69, 9.17) is 0 Å². The largest absolute Gasteiger partial charge is 0.315 e. The Bertz CT molecular complexity index is 297. The lowest BCUT2D eigenvalue weighted by molar-refractivity contribution is 0.149. The molecule has 4 heteroatoms. The molecular formula is C9H10F2N2. The standard InChI is InChI=1S/C9H10F2N2/c10-9(11)7-1-2-12-5-8(7)6-3-13-4-6/h1-2,5-6,9,13H,3-4H2. The summed E-state index contributed by atoms with van der Waals surface area (Å²) < 4.78 is 25.0. The van der Waals surface area contributed by atoms with Gasteiger partial charge in [-0.15, -0.1) is 0 Å². The number of nitrogens with one attached hydrogen (secondary N) is 1. The number of aromatic nitrogens is 1. The molecule has 1 aliphatic rings. The Balaban J connectivity index is 2.31. The summed E-state index contributed by atoms with van der Waals surface area (Å²) in [6, 6.07) is 1.40. The van der Waals surface area contributed by atoms with E-state index in [0.717, 1.165) is 13.1 Å². The molecule has 0 unspecified atom stereocenters. The molecule has 1 saturated heterocycles. The van der Waals surface area contributed by atoms with Crippen LogP contribution in [0.2, 0.25) is 0 Å². The fraction of sp³-hybridized carbons (Fsp3) is 0.444.